The van der Waals surface area contributed by atoms with Crippen LogP contribution < -0.4 is 5.32 Å². The zero-order valence-corrected chi connectivity index (χ0v) is 17.5. The Hall–Kier alpha value is -1.92. The normalized spacial score (nSPS) is 21.5. The van der Waals surface area contributed by atoms with Gasteiger partial charge in [-0.1, -0.05) is 18.2 Å². The SMILES string of the molecule is Cc1cccc(C)c1NC(=O)CN1CCN(CC(=O)N2CCCC[C@H]2C)CC1. The molecule has 28 heavy (non-hydrogen) atoms. The molecule has 2 heterocycles. The van der Waals surface area contributed by atoms with E-state index in [9.17, 15) is 9.59 Å². The van der Waals surface area contributed by atoms with Crippen LogP contribution in [-0.2, 0) is 9.59 Å². The molecule has 6 heteroatoms. The molecule has 0 aliphatic carbocycles. The number of hydrogen-bond donors (Lipinski definition) is 1. The van der Waals surface area contributed by atoms with E-state index in [4.69, 9.17) is 0 Å². The number of hydrogen-bond acceptors (Lipinski definition) is 4. The van der Waals surface area contributed by atoms with Crippen LogP contribution in [-0.4, -0.2) is 78.4 Å². The minimum absolute atomic E-state index is 0.0315. The highest BCUT2D eigenvalue weighted by Gasteiger charge is 2.26. The molecule has 1 aromatic rings. The fraction of sp³-hybridized carbons (Fsp3) is 0.636. The summed E-state index contributed by atoms with van der Waals surface area (Å²) in [6.45, 7) is 11.3. The fourth-order valence-corrected chi connectivity index (χ4v) is 4.25. The smallest absolute Gasteiger partial charge is 0.238 e. The minimum atomic E-state index is 0.0315. The summed E-state index contributed by atoms with van der Waals surface area (Å²) in [5.74, 6) is 0.289. The Kier molecular flexibility index (Phi) is 7.08. The molecular weight excluding hydrogens is 352 g/mol. The van der Waals surface area contributed by atoms with E-state index in [-0.39, 0.29) is 11.8 Å². The first kappa shape index (κ1) is 20.8. The van der Waals surface area contributed by atoms with Crippen molar-refractivity contribution >= 4 is 17.5 Å². The summed E-state index contributed by atoms with van der Waals surface area (Å²) in [6.07, 6.45) is 3.47. The van der Waals surface area contributed by atoms with Gasteiger partial charge in [0.25, 0.3) is 0 Å². The second kappa shape index (κ2) is 9.52. The lowest BCUT2D eigenvalue weighted by Gasteiger charge is -2.37. The third-order valence-corrected chi connectivity index (χ3v) is 6.06. The Bertz CT molecular complexity index is 678. The van der Waals surface area contributed by atoms with E-state index in [2.05, 4.69) is 22.0 Å². The van der Waals surface area contributed by atoms with Crippen LogP contribution in [0, 0.1) is 13.8 Å². The van der Waals surface area contributed by atoms with Gasteiger partial charge in [0.1, 0.15) is 0 Å². The summed E-state index contributed by atoms with van der Waals surface area (Å²) in [4.78, 5) is 31.5. The van der Waals surface area contributed by atoms with Gasteiger partial charge in [0.05, 0.1) is 13.1 Å². The van der Waals surface area contributed by atoms with Crippen molar-refractivity contribution in [2.24, 2.45) is 0 Å². The first-order valence-electron chi connectivity index (χ1n) is 10.5. The lowest BCUT2D eigenvalue weighted by molar-refractivity contribution is -0.136. The van der Waals surface area contributed by atoms with Gasteiger partial charge in [-0.05, 0) is 51.2 Å². The van der Waals surface area contributed by atoms with Crippen LogP contribution in [0.4, 0.5) is 5.69 Å². The standard InChI is InChI=1S/C22H34N4O2/c1-17-7-6-8-18(2)22(17)23-20(27)15-24-11-13-25(14-12-24)16-21(28)26-10-5-4-9-19(26)3/h6-8,19H,4-5,9-16H2,1-3H3,(H,23,27)/t19-/m1/s1. The average molecular weight is 387 g/mol. The number of rotatable bonds is 5. The van der Waals surface area contributed by atoms with E-state index in [1.54, 1.807) is 0 Å². The first-order valence-corrected chi connectivity index (χ1v) is 10.5. The molecule has 2 aliphatic rings. The molecule has 6 nitrogen and oxygen atoms in total. The van der Waals surface area contributed by atoms with Crippen LogP contribution in [0.2, 0.25) is 0 Å². The summed E-state index contributed by atoms with van der Waals surface area (Å²) in [5, 5.41) is 3.06. The van der Waals surface area contributed by atoms with Gasteiger partial charge in [-0.3, -0.25) is 19.4 Å². The maximum absolute atomic E-state index is 12.6. The molecule has 154 valence electrons. The van der Waals surface area contributed by atoms with E-state index in [1.807, 2.05) is 36.9 Å². The molecule has 0 bridgehead atoms. The Balaban J connectivity index is 1.42. The molecule has 1 N–H and O–H groups in total. The Morgan fingerprint density at radius 2 is 1.57 bits per heavy atom. The molecule has 0 radical (unpaired) electrons. The van der Waals surface area contributed by atoms with E-state index in [0.29, 0.717) is 19.1 Å². The number of nitrogens with zero attached hydrogens (tertiary/aromatic N) is 3. The van der Waals surface area contributed by atoms with E-state index in [0.717, 1.165) is 62.4 Å². The maximum Gasteiger partial charge on any atom is 0.238 e. The van der Waals surface area contributed by atoms with Crippen LogP contribution in [0.15, 0.2) is 18.2 Å². The number of carbonyl (C=O) groups excluding carboxylic acids is 2. The lowest BCUT2D eigenvalue weighted by Crippen LogP contribution is -2.53. The van der Waals surface area contributed by atoms with Crippen molar-refractivity contribution in [3.8, 4) is 0 Å². The highest BCUT2D eigenvalue weighted by molar-refractivity contribution is 5.93. The Morgan fingerprint density at radius 1 is 0.964 bits per heavy atom. The van der Waals surface area contributed by atoms with Gasteiger partial charge >= 0.3 is 0 Å². The van der Waals surface area contributed by atoms with Gasteiger partial charge in [0.2, 0.25) is 11.8 Å². The number of carbonyl (C=O) groups is 2. The van der Waals surface area contributed by atoms with Crippen molar-refractivity contribution in [3.63, 3.8) is 0 Å². The summed E-state index contributed by atoms with van der Waals surface area (Å²) in [7, 11) is 0. The molecule has 0 spiro atoms. The Morgan fingerprint density at radius 3 is 2.18 bits per heavy atom. The lowest BCUT2D eigenvalue weighted by atomic mass is 10.0. The quantitative estimate of drug-likeness (QED) is 0.843. The molecule has 2 fully saturated rings. The molecule has 1 atom stereocenters. The molecule has 0 aromatic heterocycles. The van der Waals surface area contributed by atoms with Gasteiger partial charge in [-0.15, -0.1) is 0 Å². The number of piperazine rings is 1. The van der Waals surface area contributed by atoms with E-state index >= 15 is 0 Å². The molecule has 2 amide bonds. The van der Waals surface area contributed by atoms with Gasteiger partial charge < -0.3 is 10.2 Å². The fourth-order valence-electron chi connectivity index (χ4n) is 4.25. The zero-order valence-electron chi connectivity index (χ0n) is 17.5. The average Bonchev–Trinajstić information content (AvgIpc) is 2.67. The highest BCUT2D eigenvalue weighted by atomic mass is 16.2. The second-order valence-corrected chi connectivity index (χ2v) is 8.30. The van der Waals surface area contributed by atoms with Crippen LogP contribution in [0.1, 0.15) is 37.3 Å². The van der Waals surface area contributed by atoms with Gasteiger partial charge in [0, 0.05) is 44.5 Å². The number of likely N-dealkylation sites (tertiary alicyclic amines) is 1. The number of nitrogens with one attached hydrogen (secondary N) is 1. The summed E-state index contributed by atoms with van der Waals surface area (Å²) in [6, 6.07) is 6.41. The summed E-state index contributed by atoms with van der Waals surface area (Å²) in [5.41, 5.74) is 3.10. The number of piperidine rings is 1. The predicted molar refractivity (Wildman–Crippen MR) is 112 cm³/mol. The summed E-state index contributed by atoms with van der Waals surface area (Å²) >= 11 is 0. The van der Waals surface area contributed by atoms with Crippen LogP contribution >= 0.6 is 0 Å². The molecule has 2 aliphatic heterocycles. The molecule has 2 saturated heterocycles. The van der Waals surface area contributed by atoms with Crippen molar-refractivity contribution in [1.82, 2.24) is 14.7 Å². The third-order valence-electron chi connectivity index (χ3n) is 6.06. The number of para-hydroxylation sites is 1. The zero-order chi connectivity index (χ0) is 20.1. The van der Waals surface area contributed by atoms with Gasteiger partial charge in [-0.25, -0.2) is 0 Å². The Labute approximate surface area is 168 Å². The number of amides is 2. The second-order valence-electron chi connectivity index (χ2n) is 8.30. The van der Waals surface area contributed by atoms with E-state index < -0.39 is 0 Å². The molecular formula is C22H34N4O2. The third kappa shape index (κ3) is 5.32. The van der Waals surface area contributed by atoms with Crippen LogP contribution in [0.5, 0.6) is 0 Å². The predicted octanol–water partition coefficient (Wildman–Crippen LogP) is 2.26. The number of anilines is 1. The molecule has 3 rings (SSSR count). The topological polar surface area (TPSA) is 55.9 Å². The summed E-state index contributed by atoms with van der Waals surface area (Å²) < 4.78 is 0. The van der Waals surface area contributed by atoms with Gasteiger partial charge in [0.15, 0.2) is 0 Å². The van der Waals surface area contributed by atoms with Crippen molar-refractivity contribution in [3.05, 3.63) is 29.3 Å². The van der Waals surface area contributed by atoms with Gasteiger partial charge in [-0.2, -0.15) is 0 Å². The van der Waals surface area contributed by atoms with Crippen LogP contribution in [0.25, 0.3) is 0 Å². The van der Waals surface area contributed by atoms with Crippen molar-refractivity contribution in [2.75, 3.05) is 51.1 Å². The highest BCUT2D eigenvalue weighted by Crippen LogP contribution is 2.19. The van der Waals surface area contributed by atoms with Crippen molar-refractivity contribution in [2.45, 2.75) is 46.1 Å². The maximum atomic E-state index is 12.6. The van der Waals surface area contributed by atoms with Crippen LogP contribution in [0.3, 0.4) is 0 Å². The number of aryl methyl sites for hydroxylation is 2. The molecule has 1 aromatic carbocycles. The largest absolute Gasteiger partial charge is 0.339 e. The minimum Gasteiger partial charge on any atom is -0.339 e. The molecule has 0 saturated carbocycles. The van der Waals surface area contributed by atoms with E-state index in [1.165, 1.54) is 6.42 Å². The molecule has 0 unspecified atom stereocenters. The monoisotopic (exact) mass is 386 g/mol. The number of benzene rings is 1. The first-order chi connectivity index (χ1) is 13.4. The van der Waals surface area contributed by atoms with Crippen molar-refractivity contribution in [1.29, 1.82) is 0 Å². The van der Waals surface area contributed by atoms with Crippen molar-refractivity contribution < 1.29 is 9.59 Å².